The molecule has 8 heteroatoms. The number of hydrogen-bond donors (Lipinski definition) is 0. The Morgan fingerprint density at radius 2 is 1.87 bits per heavy atom. The highest BCUT2D eigenvalue weighted by Gasteiger charge is 2.30. The van der Waals surface area contributed by atoms with Gasteiger partial charge >= 0.3 is 12.1 Å². The van der Waals surface area contributed by atoms with Crippen LogP contribution >= 0.6 is 11.3 Å². The van der Waals surface area contributed by atoms with Crippen molar-refractivity contribution in [2.75, 3.05) is 6.61 Å². The Morgan fingerprint density at radius 3 is 2.50 bits per heavy atom. The van der Waals surface area contributed by atoms with Crippen molar-refractivity contribution < 1.29 is 22.7 Å². The molecule has 1 heterocycles. The van der Waals surface area contributed by atoms with Gasteiger partial charge in [-0.2, -0.15) is 13.2 Å². The standard InChI is InChI=1S/C22H21F3N2O2S/c1-3-15-8-10-16(11-9-15)19-14-30-21(27(19)13-20(28)29-4-2)26-18-7-5-6-17(12-18)22(23,24)25/h5-12,14H,3-4,13H2,1-2H3. The summed E-state index contributed by atoms with van der Waals surface area (Å²) >= 11 is 1.26. The largest absolute Gasteiger partial charge is 0.465 e. The van der Waals surface area contributed by atoms with Crippen molar-refractivity contribution in [2.45, 2.75) is 33.0 Å². The minimum absolute atomic E-state index is 0.0833. The number of carbonyl (C=O) groups is 1. The van der Waals surface area contributed by atoms with E-state index in [0.717, 1.165) is 29.8 Å². The summed E-state index contributed by atoms with van der Waals surface area (Å²) in [6.45, 7) is 3.94. The van der Waals surface area contributed by atoms with E-state index in [0.29, 0.717) is 4.80 Å². The van der Waals surface area contributed by atoms with Crippen molar-refractivity contribution in [3.8, 4) is 11.3 Å². The Balaban J connectivity index is 2.09. The van der Waals surface area contributed by atoms with Gasteiger partial charge in [0.1, 0.15) is 6.54 Å². The maximum Gasteiger partial charge on any atom is 0.416 e. The predicted molar refractivity (Wildman–Crippen MR) is 110 cm³/mol. The number of halogens is 3. The highest BCUT2D eigenvalue weighted by Crippen LogP contribution is 2.31. The summed E-state index contributed by atoms with van der Waals surface area (Å²) in [6, 6.07) is 12.7. The number of ether oxygens (including phenoxy) is 1. The molecule has 3 aromatic rings. The molecule has 2 aromatic carbocycles. The second-order valence-corrected chi connectivity index (χ2v) is 7.34. The zero-order valence-corrected chi connectivity index (χ0v) is 17.4. The van der Waals surface area contributed by atoms with Gasteiger partial charge in [-0.15, -0.1) is 11.3 Å². The molecule has 0 unspecified atom stereocenters. The van der Waals surface area contributed by atoms with Crippen LogP contribution in [0.15, 0.2) is 58.9 Å². The van der Waals surface area contributed by atoms with E-state index in [1.165, 1.54) is 29.0 Å². The van der Waals surface area contributed by atoms with E-state index in [1.54, 1.807) is 11.5 Å². The van der Waals surface area contributed by atoms with Gasteiger partial charge in [0.05, 0.1) is 23.6 Å². The molecule has 0 bridgehead atoms. The van der Waals surface area contributed by atoms with E-state index < -0.39 is 17.7 Å². The van der Waals surface area contributed by atoms with Gasteiger partial charge in [0.15, 0.2) is 4.80 Å². The van der Waals surface area contributed by atoms with Crippen molar-refractivity contribution in [2.24, 2.45) is 4.99 Å². The molecule has 0 N–H and O–H groups in total. The molecule has 0 fully saturated rings. The average Bonchev–Trinajstić information content (AvgIpc) is 3.10. The van der Waals surface area contributed by atoms with E-state index in [4.69, 9.17) is 4.74 Å². The highest BCUT2D eigenvalue weighted by molar-refractivity contribution is 7.07. The third-order valence-electron chi connectivity index (χ3n) is 4.45. The maximum absolute atomic E-state index is 13.0. The van der Waals surface area contributed by atoms with Crippen LogP contribution in [0.4, 0.5) is 18.9 Å². The molecule has 0 radical (unpaired) electrons. The lowest BCUT2D eigenvalue weighted by molar-refractivity contribution is -0.143. The first-order chi connectivity index (χ1) is 14.3. The summed E-state index contributed by atoms with van der Waals surface area (Å²) in [5.41, 5.74) is 2.21. The van der Waals surface area contributed by atoms with Crippen LogP contribution in [0.2, 0.25) is 0 Å². The smallest absolute Gasteiger partial charge is 0.416 e. The summed E-state index contributed by atoms with van der Waals surface area (Å²) in [5, 5.41) is 1.84. The van der Waals surface area contributed by atoms with Crippen LogP contribution in [0.25, 0.3) is 11.3 Å². The number of alkyl halides is 3. The van der Waals surface area contributed by atoms with Gasteiger partial charge in [-0.05, 0) is 42.7 Å². The zero-order valence-electron chi connectivity index (χ0n) is 16.6. The number of rotatable bonds is 6. The molecule has 0 atom stereocenters. The fourth-order valence-electron chi connectivity index (χ4n) is 2.91. The average molecular weight is 434 g/mol. The number of benzene rings is 2. The van der Waals surface area contributed by atoms with Gasteiger partial charge in [0.2, 0.25) is 0 Å². The van der Waals surface area contributed by atoms with Gasteiger partial charge < -0.3 is 9.30 Å². The van der Waals surface area contributed by atoms with E-state index in [2.05, 4.69) is 11.9 Å². The predicted octanol–water partition coefficient (Wildman–Crippen LogP) is 5.59. The number of aryl methyl sites for hydroxylation is 1. The summed E-state index contributed by atoms with van der Waals surface area (Å²) in [7, 11) is 0. The van der Waals surface area contributed by atoms with Crippen LogP contribution in [-0.2, 0) is 28.7 Å². The number of carbonyl (C=O) groups excluding carboxylic acids is 1. The van der Waals surface area contributed by atoms with E-state index in [-0.39, 0.29) is 18.8 Å². The fourth-order valence-corrected chi connectivity index (χ4v) is 3.84. The van der Waals surface area contributed by atoms with Crippen molar-refractivity contribution in [1.82, 2.24) is 4.57 Å². The monoisotopic (exact) mass is 434 g/mol. The third kappa shape index (κ3) is 5.18. The van der Waals surface area contributed by atoms with Crippen LogP contribution < -0.4 is 4.80 Å². The lowest BCUT2D eigenvalue weighted by Gasteiger charge is -2.10. The van der Waals surface area contributed by atoms with Crippen LogP contribution in [0.3, 0.4) is 0 Å². The second kappa shape index (κ2) is 9.30. The van der Waals surface area contributed by atoms with E-state index in [9.17, 15) is 18.0 Å². The molecule has 30 heavy (non-hydrogen) atoms. The zero-order chi connectivity index (χ0) is 21.7. The Labute approximate surface area is 176 Å². The van der Waals surface area contributed by atoms with E-state index in [1.807, 2.05) is 29.6 Å². The minimum Gasteiger partial charge on any atom is -0.465 e. The van der Waals surface area contributed by atoms with Crippen molar-refractivity contribution >= 4 is 23.0 Å². The third-order valence-corrected chi connectivity index (χ3v) is 5.31. The van der Waals surface area contributed by atoms with Crippen LogP contribution in [0.1, 0.15) is 25.0 Å². The highest BCUT2D eigenvalue weighted by atomic mass is 32.1. The normalized spacial score (nSPS) is 12.2. The van der Waals surface area contributed by atoms with Crippen LogP contribution in [0.5, 0.6) is 0 Å². The second-order valence-electron chi connectivity index (χ2n) is 6.51. The molecular formula is C22H21F3N2O2S. The fraction of sp³-hybridized carbons (Fsp3) is 0.273. The summed E-state index contributed by atoms with van der Waals surface area (Å²) in [6.07, 6.45) is -3.54. The first-order valence-electron chi connectivity index (χ1n) is 9.47. The molecular weight excluding hydrogens is 413 g/mol. The summed E-state index contributed by atoms with van der Waals surface area (Å²) < 4.78 is 45.8. The van der Waals surface area contributed by atoms with Crippen molar-refractivity contribution in [3.63, 3.8) is 0 Å². The molecule has 0 aliphatic rings. The minimum atomic E-state index is -4.45. The quantitative estimate of drug-likeness (QED) is 0.475. The van der Waals surface area contributed by atoms with Crippen molar-refractivity contribution in [1.29, 1.82) is 0 Å². The number of nitrogens with zero attached hydrogens (tertiary/aromatic N) is 2. The lowest BCUT2D eigenvalue weighted by Crippen LogP contribution is -2.22. The van der Waals surface area contributed by atoms with Gasteiger partial charge in [-0.1, -0.05) is 37.3 Å². The van der Waals surface area contributed by atoms with Gasteiger partial charge in [0.25, 0.3) is 0 Å². The SMILES string of the molecule is CCOC(=O)Cn1c(-c2ccc(CC)cc2)csc1=Nc1cccc(C(F)(F)F)c1. The Morgan fingerprint density at radius 1 is 1.13 bits per heavy atom. The summed E-state index contributed by atoms with van der Waals surface area (Å²) in [5.74, 6) is -0.437. The Hall–Kier alpha value is -2.87. The maximum atomic E-state index is 13.0. The summed E-state index contributed by atoms with van der Waals surface area (Å²) in [4.78, 5) is 17.0. The van der Waals surface area contributed by atoms with Gasteiger partial charge in [-0.25, -0.2) is 4.99 Å². The van der Waals surface area contributed by atoms with Gasteiger partial charge in [-0.3, -0.25) is 4.79 Å². The topological polar surface area (TPSA) is 43.6 Å². The molecule has 0 aliphatic heterocycles. The molecule has 3 rings (SSSR count). The number of thiazole rings is 1. The molecule has 0 amide bonds. The number of aromatic nitrogens is 1. The number of esters is 1. The Bertz CT molecular complexity index is 1080. The molecule has 1 aromatic heterocycles. The molecule has 0 saturated carbocycles. The van der Waals surface area contributed by atoms with Gasteiger partial charge in [0, 0.05) is 5.38 Å². The number of hydrogen-bond acceptors (Lipinski definition) is 4. The molecule has 0 spiro atoms. The molecule has 0 saturated heterocycles. The first kappa shape index (κ1) is 21.8. The molecule has 158 valence electrons. The van der Waals surface area contributed by atoms with E-state index >= 15 is 0 Å². The Kier molecular flexibility index (Phi) is 6.77. The first-order valence-corrected chi connectivity index (χ1v) is 10.3. The van der Waals surface area contributed by atoms with Crippen molar-refractivity contribution in [3.05, 3.63) is 69.8 Å². The molecule has 0 aliphatic carbocycles. The lowest BCUT2D eigenvalue weighted by atomic mass is 10.1. The van der Waals surface area contributed by atoms with Crippen LogP contribution in [-0.4, -0.2) is 17.1 Å². The van der Waals surface area contributed by atoms with Crippen LogP contribution in [0, 0.1) is 0 Å². The molecule has 4 nitrogen and oxygen atoms in total.